The largest absolute Gasteiger partial charge is 0.300 e. The summed E-state index contributed by atoms with van der Waals surface area (Å²) in [6, 6.07) is 8.32. The van der Waals surface area contributed by atoms with Gasteiger partial charge in [-0.05, 0) is 18.1 Å². The second-order valence-corrected chi connectivity index (χ2v) is 5.02. The summed E-state index contributed by atoms with van der Waals surface area (Å²) in [5.41, 5.74) is 1.15. The van der Waals surface area contributed by atoms with Gasteiger partial charge in [-0.1, -0.05) is 36.7 Å². The van der Waals surface area contributed by atoms with Crippen LogP contribution in [0.1, 0.15) is 31.7 Å². The number of carbonyl (C=O) groups excluding carboxylic acids is 1. The van der Waals surface area contributed by atoms with E-state index in [1.165, 1.54) is 0 Å². The minimum Gasteiger partial charge on any atom is -0.300 e. The topological polar surface area (TPSA) is 20.3 Å². The molecular formula is C14H18ClNO. The molecule has 1 heterocycles. The summed E-state index contributed by atoms with van der Waals surface area (Å²) in [6.07, 6.45) is 2.40. The van der Waals surface area contributed by atoms with Crippen molar-refractivity contribution >= 4 is 17.4 Å². The van der Waals surface area contributed by atoms with Crippen molar-refractivity contribution in [1.82, 2.24) is 4.90 Å². The lowest BCUT2D eigenvalue weighted by Gasteiger charge is -2.34. The molecule has 92 valence electrons. The normalized spacial score (nSPS) is 21.8. The van der Waals surface area contributed by atoms with E-state index in [2.05, 4.69) is 17.9 Å². The second-order valence-electron chi connectivity index (χ2n) is 4.62. The van der Waals surface area contributed by atoms with Crippen molar-refractivity contribution in [3.8, 4) is 0 Å². The Labute approximate surface area is 108 Å². The van der Waals surface area contributed by atoms with E-state index >= 15 is 0 Å². The first-order chi connectivity index (χ1) is 8.20. The summed E-state index contributed by atoms with van der Waals surface area (Å²) in [7, 11) is 0. The molecule has 2 rings (SSSR count). The number of ketones is 1. The molecule has 0 N–H and O–H groups in total. The van der Waals surface area contributed by atoms with Crippen molar-refractivity contribution < 1.29 is 4.79 Å². The Bertz CT molecular complexity index is 405. The highest BCUT2D eigenvalue weighted by Gasteiger charge is 2.25. The molecule has 2 nitrogen and oxygen atoms in total. The molecule has 0 aliphatic carbocycles. The number of Topliss-reactive ketones (excluding diaryl/α,β-unsaturated/α-hetero) is 1. The average molecular weight is 252 g/mol. The number of benzene rings is 1. The maximum atomic E-state index is 11.4. The number of hydrogen-bond acceptors (Lipinski definition) is 2. The SMILES string of the molecule is CCC1CC(=O)CCN1Cc1ccccc1Cl. The first-order valence-corrected chi connectivity index (χ1v) is 6.57. The van der Waals surface area contributed by atoms with Gasteiger partial charge >= 0.3 is 0 Å². The molecule has 0 bridgehead atoms. The lowest BCUT2D eigenvalue weighted by Crippen LogP contribution is -2.41. The number of carbonyl (C=O) groups is 1. The fourth-order valence-electron chi connectivity index (χ4n) is 2.40. The summed E-state index contributed by atoms with van der Waals surface area (Å²) in [6.45, 7) is 3.86. The monoisotopic (exact) mass is 251 g/mol. The zero-order valence-electron chi connectivity index (χ0n) is 10.2. The highest BCUT2D eigenvalue weighted by Crippen LogP contribution is 2.23. The lowest BCUT2D eigenvalue weighted by atomic mass is 9.98. The average Bonchev–Trinajstić information content (AvgIpc) is 2.34. The first kappa shape index (κ1) is 12.6. The fourth-order valence-corrected chi connectivity index (χ4v) is 2.60. The van der Waals surface area contributed by atoms with Crippen molar-refractivity contribution in [2.24, 2.45) is 0 Å². The number of piperidine rings is 1. The van der Waals surface area contributed by atoms with Crippen LogP contribution < -0.4 is 0 Å². The van der Waals surface area contributed by atoms with Crippen LogP contribution in [0.2, 0.25) is 5.02 Å². The van der Waals surface area contributed by atoms with Crippen LogP contribution in [0.15, 0.2) is 24.3 Å². The minimum atomic E-state index is 0.382. The lowest BCUT2D eigenvalue weighted by molar-refractivity contribution is -0.123. The van der Waals surface area contributed by atoms with E-state index in [1.54, 1.807) is 0 Å². The Kier molecular flexibility index (Phi) is 4.19. The van der Waals surface area contributed by atoms with E-state index in [4.69, 9.17) is 11.6 Å². The minimum absolute atomic E-state index is 0.382. The van der Waals surface area contributed by atoms with Gasteiger partial charge in [-0.3, -0.25) is 9.69 Å². The smallest absolute Gasteiger partial charge is 0.135 e. The zero-order chi connectivity index (χ0) is 12.3. The molecule has 1 saturated heterocycles. The fraction of sp³-hybridized carbons (Fsp3) is 0.500. The number of rotatable bonds is 3. The van der Waals surface area contributed by atoms with Gasteiger partial charge in [0.2, 0.25) is 0 Å². The molecule has 1 aliphatic rings. The van der Waals surface area contributed by atoms with Crippen LogP contribution >= 0.6 is 11.6 Å². The van der Waals surface area contributed by atoms with Gasteiger partial charge < -0.3 is 0 Å². The summed E-state index contributed by atoms with van der Waals surface area (Å²) < 4.78 is 0. The summed E-state index contributed by atoms with van der Waals surface area (Å²) in [5, 5.41) is 0.819. The van der Waals surface area contributed by atoms with Gasteiger partial charge in [-0.25, -0.2) is 0 Å². The van der Waals surface area contributed by atoms with Crippen LogP contribution in [0.3, 0.4) is 0 Å². The highest BCUT2D eigenvalue weighted by molar-refractivity contribution is 6.31. The Morgan fingerprint density at radius 2 is 2.18 bits per heavy atom. The van der Waals surface area contributed by atoms with Crippen molar-refractivity contribution in [2.75, 3.05) is 6.54 Å². The molecule has 1 aliphatic heterocycles. The molecule has 1 aromatic carbocycles. The maximum Gasteiger partial charge on any atom is 0.135 e. The van der Waals surface area contributed by atoms with Crippen LogP contribution in [-0.4, -0.2) is 23.3 Å². The van der Waals surface area contributed by atoms with Gasteiger partial charge in [-0.15, -0.1) is 0 Å². The summed E-state index contributed by atoms with van der Waals surface area (Å²) in [5.74, 6) is 0.396. The van der Waals surface area contributed by atoms with Crippen LogP contribution in [0.5, 0.6) is 0 Å². The Balaban J connectivity index is 2.07. The molecule has 1 unspecified atom stereocenters. The molecular weight excluding hydrogens is 234 g/mol. The van der Waals surface area contributed by atoms with Crippen molar-refractivity contribution in [3.05, 3.63) is 34.9 Å². The van der Waals surface area contributed by atoms with Gasteiger partial charge in [0.05, 0.1) is 0 Å². The summed E-state index contributed by atoms with van der Waals surface area (Å²) >= 11 is 6.17. The number of nitrogens with zero attached hydrogens (tertiary/aromatic N) is 1. The molecule has 0 saturated carbocycles. The van der Waals surface area contributed by atoms with Gasteiger partial charge in [-0.2, -0.15) is 0 Å². The molecule has 1 fully saturated rings. The molecule has 0 radical (unpaired) electrons. The van der Waals surface area contributed by atoms with Gasteiger partial charge in [0, 0.05) is 37.0 Å². The highest BCUT2D eigenvalue weighted by atomic mass is 35.5. The quantitative estimate of drug-likeness (QED) is 0.822. The molecule has 3 heteroatoms. The molecule has 0 aromatic heterocycles. The van der Waals surface area contributed by atoms with Crippen LogP contribution in [-0.2, 0) is 11.3 Å². The third-order valence-electron chi connectivity index (χ3n) is 3.46. The summed E-state index contributed by atoms with van der Waals surface area (Å²) in [4.78, 5) is 13.8. The van der Waals surface area contributed by atoms with E-state index < -0.39 is 0 Å². The molecule has 0 spiro atoms. The zero-order valence-corrected chi connectivity index (χ0v) is 10.9. The van der Waals surface area contributed by atoms with Crippen molar-refractivity contribution in [3.63, 3.8) is 0 Å². The van der Waals surface area contributed by atoms with E-state index in [1.807, 2.05) is 18.2 Å². The van der Waals surface area contributed by atoms with E-state index in [0.717, 1.165) is 30.1 Å². The maximum absolute atomic E-state index is 11.4. The predicted molar refractivity (Wildman–Crippen MR) is 70.2 cm³/mol. The predicted octanol–water partition coefficient (Wildman–Crippen LogP) is 3.28. The second kappa shape index (κ2) is 5.65. The van der Waals surface area contributed by atoms with E-state index in [0.29, 0.717) is 24.7 Å². The third-order valence-corrected chi connectivity index (χ3v) is 3.83. The van der Waals surface area contributed by atoms with E-state index in [9.17, 15) is 4.79 Å². The van der Waals surface area contributed by atoms with Crippen LogP contribution in [0.4, 0.5) is 0 Å². The standard InChI is InChI=1S/C14H18ClNO/c1-2-12-9-13(17)7-8-16(12)10-11-5-3-4-6-14(11)15/h3-6,12H,2,7-10H2,1H3. The Morgan fingerprint density at radius 1 is 1.41 bits per heavy atom. The Morgan fingerprint density at radius 3 is 2.88 bits per heavy atom. The van der Waals surface area contributed by atoms with Crippen LogP contribution in [0.25, 0.3) is 0 Å². The molecule has 0 amide bonds. The number of likely N-dealkylation sites (tertiary alicyclic amines) is 1. The number of hydrogen-bond donors (Lipinski definition) is 0. The molecule has 1 aromatic rings. The van der Waals surface area contributed by atoms with Crippen molar-refractivity contribution in [1.29, 1.82) is 0 Å². The van der Waals surface area contributed by atoms with Gasteiger partial charge in [0.15, 0.2) is 0 Å². The third kappa shape index (κ3) is 3.08. The van der Waals surface area contributed by atoms with E-state index in [-0.39, 0.29) is 0 Å². The van der Waals surface area contributed by atoms with Crippen LogP contribution in [0, 0.1) is 0 Å². The van der Waals surface area contributed by atoms with Gasteiger partial charge in [0.1, 0.15) is 5.78 Å². The molecule has 17 heavy (non-hydrogen) atoms. The Hall–Kier alpha value is -0.860. The van der Waals surface area contributed by atoms with Gasteiger partial charge in [0.25, 0.3) is 0 Å². The molecule has 1 atom stereocenters. The number of halogens is 1. The first-order valence-electron chi connectivity index (χ1n) is 6.20. The van der Waals surface area contributed by atoms with Crippen molar-refractivity contribution in [2.45, 2.75) is 38.8 Å².